The van der Waals surface area contributed by atoms with Crippen molar-refractivity contribution in [2.45, 2.75) is 19.8 Å². The van der Waals surface area contributed by atoms with Crippen molar-refractivity contribution in [3.05, 3.63) is 47.4 Å². The van der Waals surface area contributed by atoms with Gasteiger partial charge in [-0.05, 0) is 31.5 Å². The molecule has 0 aliphatic carbocycles. The summed E-state index contributed by atoms with van der Waals surface area (Å²) in [6.07, 6.45) is 3.42. The van der Waals surface area contributed by atoms with Crippen molar-refractivity contribution in [3.63, 3.8) is 0 Å². The Morgan fingerprint density at radius 2 is 2.04 bits per heavy atom. The van der Waals surface area contributed by atoms with Crippen LogP contribution in [0, 0.1) is 28.6 Å². The third-order valence-corrected chi connectivity index (χ3v) is 4.76. The molecule has 0 radical (unpaired) electrons. The molecule has 2 unspecified atom stereocenters. The molecule has 3 aromatic rings. The molecule has 3 heterocycles. The fraction of sp³-hybridized carbons (Fsp3) is 0.211. The monoisotopic (exact) mass is 341 g/mol. The molecule has 0 bridgehead atoms. The second-order valence-corrected chi connectivity index (χ2v) is 6.26. The fourth-order valence-electron chi connectivity index (χ4n) is 3.51. The first-order chi connectivity index (χ1) is 12.6. The molecule has 126 valence electrons. The second kappa shape index (κ2) is 5.98. The van der Waals surface area contributed by atoms with E-state index in [0.29, 0.717) is 22.8 Å². The molecule has 0 fully saturated rings. The summed E-state index contributed by atoms with van der Waals surface area (Å²) in [6.45, 7) is 3.65. The molecular weight excluding hydrogens is 326 g/mol. The van der Waals surface area contributed by atoms with Crippen molar-refractivity contribution >= 4 is 16.6 Å². The van der Waals surface area contributed by atoms with Gasteiger partial charge in [-0.1, -0.05) is 6.07 Å². The highest BCUT2D eigenvalue weighted by molar-refractivity contribution is 5.93. The SMILES string of the molecule is CC1=NC(C)=C(C#N)C(c2ccc3[nH]nc(-c4ncc[nH]4)c3c2)C1C#N. The molecule has 0 spiro atoms. The Hall–Kier alpha value is -3.71. The van der Waals surface area contributed by atoms with Gasteiger partial charge >= 0.3 is 0 Å². The summed E-state index contributed by atoms with van der Waals surface area (Å²) >= 11 is 0. The quantitative estimate of drug-likeness (QED) is 0.742. The number of nitriles is 2. The van der Waals surface area contributed by atoms with Crippen LogP contribution in [-0.4, -0.2) is 25.9 Å². The van der Waals surface area contributed by atoms with Crippen molar-refractivity contribution in [2.24, 2.45) is 10.9 Å². The van der Waals surface area contributed by atoms with Gasteiger partial charge in [0.1, 0.15) is 5.69 Å². The zero-order valence-corrected chi connectivity index (χ0v) is 14.3. The number of nitrogens with one attached hydrogen (secondary N) is 2. The third kappa shape index (κ3) is 2.30. The summed E-state index contributed by atoms with van der Waals surface area (Å²) in [5, 5.41) is 27.6. The molecule has 0 saturated carbocycles. The van der Waals surface area contributed by atoms with Crippen molar-refractivity contribution < 1.29 is 0 Å². The smallest absolute Gasteiger partial charge is 0.158 e. The predicted molar refractivity (Wildman–Crippen MR) is 96.9 cm³/mol. The Morgan fingerprint density at radius 3 is 2.73 bits per heavy atom. The number of aromatic nitrogens is 4. The van der Waals surface area contributed by atoms with Gasteiger partial charge in [-0.2, -0.15) is 15.6 Å². The highest BCUT2D eigenvalue weighted by Gasteiger charge is 2.34. The van der Waals surface area contributed by atoms with E-state index in [2.05, 4.69) is 37.3 Å². The predicted octanol–water partition coefficient (Wildman–Crippen LogP) is 3.45. The Morgan fingerprint density at radius 1 is 1.19 bits per heavy atom. The van der Waals surface area contributed by atoms with E-state index >= 15 is 0 Å². The number of aromatic amines is 2. The van der Waals surface area contributed by atoms with Crippen LogP contribution in [0.5, 0.6) is 0 Å². The van der Waals surface area contributed by atoms with Gasteiger partial charge in [0.25, 0.3) is 0 Å². The van der Waals surface area contributed by atoms with Gasteiger partial charge in [0.05, 0.1) is 34.8 Å². The molecule has 0 amide bonds. The van der Waals surface area contributed by atoms with Crippen LogP contribution in [0.15, 0.2) is 46.9 Å². The lowest BCUT2D eigenvalue weighted by Crippen LogP contribution is -2.24. The summed E-state index contributed by atoms with van der Waals surface area (Å²) < 4.78 is 0. The summed E-state index contributed by atoms with van der Waals surface area (Å²) in [4.78, 5) is 11.7. The van der Waals surface area contributed by atoms with Crippen LogP contribution >= 0.6 is 0 Å². The normalized spacial score (nSPS) is 19.9. The van der Waals surface area contributed by atoms with Crippen LogP contribution in [0.2, 0.25) is 0 Å². The summed E-state index contributed by atoms with van der Waals surface area (Å²) in [7, 11) is 0. The van der Waals surface area contributed by atoms with Crippen LogP contribution in [0.4, 0.5) is 0 Å². The Balaban J connectivity index is 1.91. The van der Waals surface area contributed by atoms with Gasteiger partial charge in [-0.25, -0.2) is 4.98 Å². The van der Waals surface area contributed by atoms with Crippen molar-refractivity contribution in [1.29, 1.82) is 10.5 Å². The maximum absolute atomic E-state index is 9.67. The van der Waals surface area contributed by atoms with E-state index in [0.717, 1.165) is 22.2 Å². The van der Waals surface area contributed by atoms with E-state index in [1.54, 1.807) is 12.4 Å². The molecule has 4 rings (SSSR count). The van der Waals surface area contributed by atoms with E-state index in [-0.39, 0.29) is 5.92 Å². The molecular formula is C19H15N7. The second-order valence-electron chi connectivity index (χ2n) is 6.26. The lowest BCUT2D eigenvalue weighted by Gasteiger charge is -2.26. The first-order valence-corrected chi connectivity index (χ1v) is 8.17. The van der Waals surface area contributed by atoms with Gasteiger partial charge in [0.15, 0.2) is 5.82 Å². The average Bonchev–Trinajstić information content (AvgIpc) is 3.29. The number of allylic oxidation sites excluding steroid dienone is 2. The number of hydrogen-bond acceptors (Lipinski definition) is 5. The molecule has 1 aliphatic rings. The van der Waals surface area contributed by atoms with Crippen LogP contribution in [0.1, 0.15) is 25.3 Å². The number of H-pyrrole nitrogens is 2. The number of aliphatic imine (C=N–C) groups is 1. The van der Waals surface area contributed by atoms with E-state index in [1.807, 2.05) is 32.0 Å². The molecule has 2 atom stereocenters. The van der Waals surface area contributed by atoms with Gasteiger partial charge in [-0.15, -0.1) is 0 Å². The van der Waals surface area contributed by atoms with Crippen molar-refractivity contribution in [3.8, 4) is 23.7 Å². The van der Waals surface area contributed by atoms with Gasteiger partial charge in [-0.3, -0.25) is 10.1 Å². The average molecular weight is 341 g/mol. The van der Waals surface area contributed by atoms with Crippen LogP contribution in [-0.2, 0) is 0 Å². The number of benzene rings is 1. The third-order valence-electron chi connectivity index (χ3n) is 4.76. The first-order valence-electron chi connectivity index (χ1n) is 8.17. The molecule has 7 heteroatoms. The lowest BCUT2D eigenvalue weighted by molar-refractivity contribution is 0.704. The topological polar surface area (TPSA) is 117 Å². The molecule has 2 aromatic heterocycles. The first kappa shape index (κ1) is 15.8. The van der Waals surface area contributed by atoms with Crippen LogP contribution in [0.25, 0.3) is 22.4 Å². The molecule has 0 saturated heterocycles. The Kier molecular flexibility index (Phi) is 3.63. The Labute approximate surface area is 149 Å². The van der Waals surface area contributed by atoms with E-state index in [4.69, 9.17) is 0 Å². The minimum atomic E-state index is -0.468. The zero-order valence-electron chi connectivity index (χ0n) is 14.3. The molecule has 1 aromatic carbocycles. The van der Waals surface area contributed by atoms with Gasteiger partial charge < -0.3 is 4.98 Å². The van der Waals surface area contributed by atoms with Crippen LogP contribution < -0.4 is 0 Å². The Bertz CT molecular complexity index is 1130. The maximum Gasteiger partial charge on any atom is 0.158 e. The number of fused-ring (bicyclic) bond motifs is 1. The number of hydrogen-bond donors (Lipinski definition) is 2. The van der Waals surface area contributed by atoms with E-state index in [1.165, 1.54) is 0 Å². The zero-order chi connectivity index (χ0) is 18.3. The minimum absolute atomic E-state index is 0.341. The summed E-state index contributed by atoms with van der Waals surface area (Å²) in [6, 6.07) is 10.4. The molecule has 26 heavy (non-hydrogen) atoms. The molecule has 2 N–H and O–H groups in total. The van der Waals surface area contributed by atoms with Crippen LogP contribution in [0.3, 0.4) is 0 Å². The number of rotatable bonds is 2. The highest BCUT2D eigenvalue weighted by Crippen LogP contribution is 2.39. The van der Waals surface area contributed by atoms with E-state index in [9.17, 15) is 10.5 Å². The molecule has 1 aliphatic heterocycles. The lowest BCUT2D eigenvalue weighted by atomic mass is 9.76. The van der Waals surface area contributed by atoms with Gasteiger partial charge in [0, 0.05) is 29.4 Å². The van der Waals surface area contributed by atoms with Gasteiger partial charge in [0.2, 0.25) is 0 Å². The van der Waals surface area contributed by atoms with E-state index < -0.39 is 5.92 Å². The van der Waals surface area contributed by atoms with Crippen molar-refractivity contribution in [2.75, 3.05) is 0 Å². The minimum Gasteiger partial charge on any atom is -0.343 e. The fourth-order valence-corrected chi connectivity index (χ4v) is 3.51. The summed E-state index contributed by atoms with van der Waals surface area (Å²) in [5.74, 6) is -0.144. The number of nitrogens with zero attached hydrogens (tertiary/aromatic N) is 5. The number of imidazole rings is 1. The molecule has 7 nitrogen and oxygen atoms in total. The summed E-state index contributed by atoms with van der Waals surface area (Å²) in [5.41, 5.74) is 4.40. The van der Waals surface area contributed by atoms with Crippen molar-refractivity contribution in [1.82, 2.24) is 20.2 Å². The maximum atomic E-state index is 9.67. The largest absolute Gasteiger partial charge is 0.343 e. The standard InChI is InChI=1S/C19H15N7/c1-10-14(8-20)17(15(9-21)11(2)24-10)12-3-4-16-13(7-12)18(26-25-16)19-22-5-6-23-19/h3-7,14,17H,1-2H3,(H,22,23)(H,25,26). The highest BCUT2D eigenvalue weighted by atomic mass is 15.1.